The number of nitrogens with zero attached hydrogens (tertiary/aromatic N) is 2. The zero-order chi connectivity index (χ0) is 15.4. The number of aromatic nitrogens is 2. The molecule has 3 N–H and O–H groups in total. The Morgan fingerprint density at radius 3 is 2.76 bits per heavy atom. The van der Waals surface area contributed by atoms with Crippen LogP contribution in [0.15, 0.2) is 24.3 Å². The van der Waals surface area contributed by atoms with Crippen molar-refractivity contribution in [2.45, 2.75) is 40.2 Å². The van der Waals surface area contributed by atoms with E-state index in [1.165, 1.54) is 0 Å². The summed E-state index contributed by atoms with van der Waals surface area (Å²) in [6, 6.07) is 7.56. The monoisotopic (exact) mass is 286 g/mol. The molecule has 1 amide bonds. The van der Waals surface area contributed by atoms with Gasteiger partial charge in [0.2, 0.25) is 5.91 Å². The zero-order valence-electron chi connectivity index (χ0n) is 12.8. The predicted molar refractivity (Wildman–Crippen MR) is 85.2 cm³/mol. The Hall–Kier alpha value is -2.30. The number of benzene rings is 1. The van der Waals surface area contributed by atoms with Crippen LogP contribution in [-0.2, 0) is 24.2 Å². The minimum atomic E-state index is -0.0934. The minimum Gasteiger partial charge on any atom is -0.398 e. The first kappa shape index (κ1) is 15.1. The molecule has 0 spiro atoms. The first-order valence-electron chi connectivity index (χ1n) is 7.25. The summed E-state index contributed by atoms with van der Waals surface area (Å²) in [4.78, 5) is 12.2. The number of amides is 1. The van der Waals surface area contributed by atoms with Crippen LogP contribution in [0.2, 0.25) is 0 Å². The second-order valence-electron chi connectivity index (χ2n) is 5.06. The number of aryl methyl sites for hydroxylation is 2. The van der Waals surface area contributed by atoms with Crippen molar-refractivity contribution in [2.75, 3.05) is 11.1 Å². The number of nitrogen functional groups attached to an aromatic ring is 1. The molecule has 0 saturated carbocycles. The molecule has 2 aromatic rings. The van der Waals surface area contributed by atoms with Crippen molar-refractivity contribution in [3.05, 3.63) is 41.2 Å². The van der Waals surface area contributed by atoms with Gasteiger partial charge >= 0.3 is 0 Å². The fourth-order valence-electron chi connectivity index (χ4n) is 2.22. The Labute approximate surface area is 125 Å². The number of carbonyl (C=O) groups is 1. The van der Waals surface area contributed by atoms with E-state index in [1.807, 2.05) is 25.1 Å². The smallest absolute Gasteiger partial charge is 0.246 e. The van der Waals surface area contributed by atoms with E-state index < -0.39 is 0 Å². The van der Waals surface area contributed by atoms with Gasteiger partial charge in [0.1, 0.15) is 6.54 Å². The number of hydrogen-bond acceptors (Lipinski definition) is 3. The molecule has 0 aliphatic heterocycles. The normalized spacial score (nSPS) is 10.6. The molecule has 1 heterocycles. The third-order valence-corrected chi connectivity index (χ3v) is 3.58. The van der Waals surface area contributed by atoms with Crippen LogP contribution in [0.4, 0.5) is 11.4 Å². The summed E-state index contributed by atoms with van der Waals surface area (Å²) < 4.78 is 1.77. The van der Waals surface area contributed by atoms with E-state index in [-0.39, 0.29) is 12.5 Å². The van der Waals surface area contributed by atoms with Crippen LogP contribution >= 0.6 is 0 Å². The highest BCUT2D eigenvalue weighted by Gasteiger charge is 2.11. The fraction of sp³-hybridized carbons (Fsp3) is 0.375. The largest absolute Gasteiger partial charge is 0.398 e. The van der Waals surface area contributed by atoms with Crippen molar-refractivity contribution in [3.63, 3.8) is 0 Å². The van der Waals surface area contributed by atoms with Gasteiger partial charge in [-0.15, -0.1) is 0 Å². The fourth-order valence-corrected chi connectivity index (χ4v) is 2.22. The van der Waals surface area contributed by atoms with Gasteiger partial charge in [0, 0.05) is 17.1 Å². The Balaban J connectivity index is 2.11. The first-order chi connectivity index (χ1) is 10.0. The van der Waals surface area contributed by atoms with E-state index in [0.717, 1.165) is 35.5 Å². The van der Waals surface area contributed by atoms with Gasteiger partial charge in [0.05, 0.1) is 5.69 Å². The molecule has 1 aromatic carbocycles. The SMILES string of the molecule is CCc1cc(CC)n(CC(=O)Nc2cccc(N)c2C)n1. The van der Waals surface area contributed by atoms with E-state index in [2.05, 4.69) is 30.3 Å². The van der Waals surface area contributed by atoms with E-state index >= 15 is 0 Å². The third kappa shape index (κ3) is 3.42. The average molecular weight is 286 g/mol. The molecule has 21 heavy (non-hydrogen) atoms. The topological polar surface area (TPSA) is 72.9 Å². The van der Waals surface area contributed by atoms with Crippen molar-refractivity contribution < 1.29 is 4.79 Å². The quantitative estimate of drug-likeness (QED) is 0.830. The van der Waals surface area contributed by atoms with Gasteiger partial charge in [-0.1, -0.05) is 19.9 Å². The van der Waals surface area contributed by atoms with Crippen LogP contribution in [0.3, 0.4) is 0 Å². The second-order valence-corrected chi connectivity index (χ2v) is 5.06. The van der Waals surface area contributed by atoms with Gasteiger partial charge in [-0.05, 0) is 43.5 Å². The standard InChI is InChI=1S/C16H22N4O/c1-4-12-9-13(5-2)20(19-12)10-16(21)18-15-8-6-7-14(17)11(15)3/h6-9H,4-5,10,17H2,1-3H3,(H,18,21). The highest BCUT2D eigenvalue weighted by Crippen LogP contribution is 2.20. The molecular weight excluding hydrogens is 264 g/mol. The summed E-state index contributed by atoms with van der Waals surface area (Å²) in [7, 11) is 0. The number of carbonyl (C=O) groups excluding carboxylic acids is 1. The maximum absolute atomic E-state index is 12.2. The molecule has 0 atom stereocenters. The summed E-state index contributed by atoms with van der Waals surface area (Å²) in [6.45, 7) is 6.23. The number of nitrogens with two attached hydrogens (primary N) is 1. The van der Waals surface area contributed by atoms with E-state index in [9.17, 15) is 4.79 Å². The lowest BCUT2D eigenvalue weighted by Gasteiger charge is -2.11. The molecule has 0 radical (unpaired) electrons. The molecule has 112 valence electrons. The van der Waals surface area contributed by atoms with E-state index in [1.54, 1.807) is 4.68 Å². The predicted octanol–water partition coefficient (Wildman–Crippen LogP) is 2.54. The molecule has 0 saturated heterocycles. The maximum atomic E-state index is 12.2. The van der Waals surface area contributed by atoms with Gasteiger partial charge in [-0.25, -0.2) is 0 Å². The van der Waals surface area contributed by atoms with E-state index in [4.69, 9.17) is 5.73 Å². The number of nitrogens with one attached hydrogen (secondary N) is 1. The average Bonchev–Trinajstić information content (AvgIpc) is 2.86. The third-order valence-electron chi connectivity index (χ3n) is 3.58. The Morgan fingerprint density at radius 1 is 1.33 bits per heavy atom. The molecule has 0 bridgehead atoms. The molecule has 5 heteroatoms. The molecule has 1 aromatic heterocycles. The van der Waals surface area contributed by atoms with Crippen LogP contribution < -0.4 is 11.1 Å². The molecule has 0 unspecified atom stereocenters. The highest BCUT2D eigenvalue weighted by molar-refractivity contribution is 5.92. The van der Waals surface area contributed by atoms with Crippen LogP contribution in [0.1, 0.15) is 30.8 Å². The molecule has 0 fully saturated rings. The lowest BCUT2D eigenvalue weighted by molar-refractivity contribution is -0.116. The summed E-state index contributed by atoms with van der Waals surface area (Å²) in [6.07, 6.45) is 1.73. The maximum Gasteiger partial charge on any atom is 0.246 e. The van der Waals surface area contributed by atoms with Crippen LogP contribution in [0.5, 0.6) is 0 Å². The molecule has 0 aliphatic carbocycles. The van der Waals surface area contributed by atoms with Crippen molar-refractivity contribution >= 4 is 17.3 Å². The summed E-state index contributed by atoms with van der Waals surface area (Å²) >= 11 is 0. The van der Waals surface area contributed by atoms with Crippen LogP contribution in [0, 0.1) is 6.92 Å². The summed E-state index contributed by atoms with van der Waals surface area (Å²) in [5, 5.41) is 7.35. The van der Waals surface area contributed by atoms with Gasteiger partial charge < -0.3 is 11.1 Å². The summed E-state index contributed by atoms with van der Waals surface area (Å²) in [5.41, 5.74) is 10.2. The first-order valence-corrected chi connectivity index (χ1v) is 7.25. The van der Waals surface area contributed by atoms with Gasteiger partial charge in [-0.3, -0.25) is 9.48 Å². The lowest BCUT2D eigenvalue weighted by atomic mass is 10.1. The van der Waals surface area contributed by atoms with Crippen LogP contribution in [-0.4, -0.2) is 15.7 Å². The minimum absolute atomic E-state index is 0.0934. The van der Waals surface area contributed by atoms with Gasteiger partial charge in [0.25, 0.3) is 0 Å². The zero-order valence-corrected chi connectivity index (χ0v) is 12.8. The molecular formula is C16H22N4O. The van der Waals surface area contributed by atoms with Crippen molar-refractivity contribution in [2.24, 2.45) is 0 Å². The Morgan fingerprint density at radius 2 is 2.10 bits per heavy atom. The van der Waals surface area contributed by atoms with Crippen molar-refractivity contribution in [1.82, 2.24) is 9.78 Å². The van der Waals surface area contributed by atoms with Crippen molar-refractivity contribution in [3.8, 4) is 0 Å². The molecule has 2 rings (SSSR count). The lowest BCUT2D eigenvalue weighted by Crippen LogP contribution is -2.21. The molecule has 0 aliphatic rings. The van der Waals surface area contributed by atoms with E-state index in [0.29, 0.717) is 5.69 Å². The van der Waals surface area contributed by atoms with Gasteiger partial charge in [0.15, 0.2) is 0 Å². The highest BCUT2D eigenvalue weighted by atomic mass is 16.2. The molecule has 5 nitrogen and oxygen atoms in total. The summed E-state index contributed by atoms with van der Waals surface area (Å²) in [5.74, 6) is -0.0934. The van der Waals surface area contributed by atoms with Gasteiger partial charge in [-0.2, -0.15) is 5.10 Å². The van der Waals surface area contributed by atoms with Crippen molar-refractivity contribution in [1.29, 1.82) is 0 Å². The van der Waals surface area contributed by atoms with Crippen LogP contribution in [0.25, 0.3) is 0 Å². The number of anilines is 2. The Bertz CT molecular complexity index is 646. The number of hydrogen-bond donors (Lipinski definition) is 2. The number of rotatable bonds is 5. The second kappa shape index (κ2) is 6.43. The Kier molecular flexibility index (Phi) is 4.62.